The van der Waals surface area contributed by atoms with Crippen molar-refractivity contribution in [2.24, 2.45) is 5.73 Å². The molecule has 3 rings (SSSR count). The Morgan fingerprint density at radius 1 is 0.921 bits per heavy atom. The third kappa shape index (κ3) is 10.6. The van der Waals surface area contributed by atoms with E-state index in [0.717, 1.165) is 21.2 Å². The molecule has 0 bridgehead atoms. The fourth-order valence-electron chi connectivity index (χ4n) is 3.20. The standard InChI is InChI=1S/C26H30N2O5S.CH3NO2/c1-21(2)33-28(19-9-18-27-26(29)32-20-22-10-5-3-6-11-22)34(30,31)25-16-14-24(15-17-25)23-12-7-4-8-13-23;2-1(3)4/h3-8,10-17,21H,9,18-20H2,1-2H3,(H,27,29);2H2,(H,3,4). The molecule has 0 unspecified atom stereocenters. The van der Waals surface area contributed by atoms with Gasteiger partial charge >= 0.3 is 12.2 Å². The van der Waals surface area contributed by atoms with Gasteiger partial charge in [0.05, 0.1) is 11.0 Å². The second kappa shape index (κ2) is 15.4. The molecule has 3 aromatic rings. The summed E-state index contributed by atoms with van der Waals surface area (Å²) in [6.45, 7) is 4.02. The van der Waals surface area contributed by atoms with Crippen molar-refractivity contribution in [3.63, 3.8) is 0 Å². The van der Waals surface area contributed by atoms with Crippen molar-refractivity contribution in [3.05, 3.63) is 90.5 Å². The average Bonchev–Trinajstić information content (AvgIpc) is 2.90. The zero-order chi connectivity index (χ0) is 28.0. The molecule has 0 aliphatic carbocycles. The van der Waals surface area contributed by atoms with Crippen LogP contribution in [0.4, 0.5) is 9.59 Å². The lowest BCUT2D eigenvalue weighted by Crippen LogP contribution is -2.36. The molecule has 11 heteroatoms. The topological polar surface area (TPSA) is 148 Å². The molecule has 204 valence electrons. The SMILES string of the molecule is CC(C)ON(CCCNC(=O)OCc1ccccc1)S(=O)(=O)c1ccc(-c2ccccc2)cc1.NC(=O)O. The van der Waals surface area contributed by atoms with Gasteiger partial charge in [-0.15, -0.1) is 0 Å². The number of nitrogens with zero attached hydrogens (tertiary/aromatic N) is 1. The first-order valence-corrected chi connectivity index (χ1v) is 13.3. The molecule has 0 aliphatic rings. The van der Waals surface area contributed by atoms with E-state index in [1.807, 2.05) is 60.7 Å². The Morgan fingerprint density at radius 3 is 2.00 bits per heavy atom. The molecule has 0 spiro atoms. The van der Waals surface area contributed by atoms with Crippen LogP contribution in [0.2, 0.25) is 0 Å². The van der Waals surface area contributed by atoms with Crippen molar-refractivity contribution in [1.82, 2.24) is 9.79 Å². The highest BCUT2D eigenvalue weighted by Gasteiger charge is 2.26. The highest BCUT2D eigenvalue weighted by molar-refractivity contribution is 7.89. The molecular formula is C27H33N3O7S. The molecule has 3 aromatic carbocycles. The zero-order valence-corrected chi connectivity index (χ0v) is 22.1. The molecule has 0 heterocycles. The van der Waals surface area contributed by atoms with Crippen LogP contribution in [-0.4, -0.2) is 49.4 Å². The number of amides is 2. The molecule has 0 saturated carbocycles. The van der Waals surface area contributed by atoms with Gasteiger partial charge in [-0.3, -0.25) is 4.84 Å². The predicted octanol–water partition coefficient (Wildman–Crippen LogP) is 4.62. The van der Waals surface area contributed by atoms with Gasteiger partial charge in [-0.2, -0.15) is 0 Å². The van der Waals surface area contributed by atoms with Crippen LogP contribution in [0.25, 0.3) is 11.1 Å². The molecule has 0 aliphatic heterocycles. The Kier molecular flexibility index (Phi) is 12.2. The number of benzene rings is 3. The Balaban J connectivity index is 0.00000118. The number of hydroxylamine groups is 1. The maximum Gasteiger partial charge on any atom is 0.407 e. The van der Waals surface area contributed by atoms with E-state index in [1.54, 1.807) is 38.1 Å². The van der Waals surface area contributed by atoms with Gasteiger partial charge < -0.3 is 20.9 Å². The summed E-state index contributed by atoms with van der Waals surface area (Å²) in [6, 6.07) is 25.8. The average molecular weight is 544 g/mol. The van der Waals surface area contributed by atoms with Crippen LogP contribution in [0.3, 0.4) is 0 Å². The molecule has 0 radical (unpaired) electrons. The summed E-state index contributed by atoms with van der Waals surface area (Å²) >= 11 is 0. The minimum atomic E-state index is -3.87. The quantitative estimate of drug-likeness (QED) is 0.236. The molecule has 38 heavy (non-hydrogen) atoms. The van der Waals surface area contributed by atoms with E-state index >= 15 is 0 Å². The second-order valence-electron chi connectivity index (χ2n) is 8.26. The molecule has 0 aromatic heterocycles. The number of nitrogens with one attached hydrogen (secondary N) is 1. The van der Waals surface area contributed by atoms with Gasteiger partial charge in [-0.1, -0.05) is 77.3 Å². The first-order chi connectivity index (χ1) is 18.1. The minimum absolute atomic E-state index is 0.0832. The van der Waals surface area contributed by atoms with Crippen molar-refractivity contribution in [2.75, 3.05) is 13.1 Å². The molecule has 0 atom stereocenters. The predicted molar refractivity (Wildman–Crippen MR) is 143 cm³/mol. The molecule has 2 amide bonds. The van der Waals surface area contributed by atoms with Gasteiger partial charge in [0.1, 0.15) is 6.61 Å². The first kappa shape index (κ1) is 30.3. The van der Waals surface area contributed by atoms with Gasteiger partial charge in [0.25, 0.3) is 10.0 Å². The van der Waals surface area contributed by atoms with Crippen LogP contribution in [0.1, 0.15) is 25.8 Å². The molecule has 4 N–H and O–H groups in total. The summed E-state index contributed by atoms with van der Waals surface area (Å²) in [5, 5.41) is 9.83. The van der Waals surface area contributed by atoms with Crippen LogP contribution >= 0.6 is 0 Å². The Bertz CT molecular complexity index is 1230. The van der Waals surface area contributed by atoms with E-state index in [4.69, 9.17) is 19.5 Å². The second-order valence-corrected chi connectivity index (χ2v) is 10.1. The zero-order valence-electron chi connectivity index (χ0n) is 21.3. The van der Waals surface area contributed by atoms with E-state index < -0.39 is 22.2 Å². The van der Waals surface area contributed by atoms with Crippen molar-refractivity contribution >= 4 is 22.2 Å². The van der Waals surface area contributed by atoms with E-state index in [2.05, 4.69) is 11.1 Å². The Hall–Kier alpha value is -3.93. The summed E-state index contributed by atoms with van der Waals surface area (Å²) in [6.07, 6.45) is -1.87. The largest absolute Gasteiger partial charge is 0.465 e. The third-order valence-corrected chi connectivity index (χ3v) is 6.53. The van der Waals surface area contributed by atoms with Gasteiger partial charge in [-0.25, -0.2) is 18.0 Å². The lowest BCUT2D eigenvalue weighted by Gasteiger charge is -2.23. The number of nitrogens with two attached hydrogens (primary N) is 1. The van der Waals surface area contributed by atoms with E-state index in [1.165, 1.54) is 0 Å². The van der Waals surface area contributed by atoms with Gasteiger partial charge in [0, 0.05) is 13.1 Å². The fraction of sp³-hybridized carbons (Fsp3) is 0.259. The number of carbonyl (C=O) groups is 2. The lowest BCUT2D eigenvalue weighted by atomic mass is 10.1. The van der Waals surface area contributed by atoms with E-state index in [-0.39, 0.29) is 30.7 Å². The number of hydrogen-bond acceptors (Lipinski definition) is 6. The smallest absolute Gasteiger partial charge is 0.407 e. The normalized spacial score (nSPS) is 10.9. The summed E-state index contributed by atoms with van der Waals surface area (Å²) in [5.74, 6) is 0. The number of alkyl carbamates (subject to hydrolysis) is 1. The summed E-state index contributed by atoms with van der Waals surface area (Å²) in [4.78, 5) is 26.4. The van der Waals surface area contributed by atoms with Crippen molar-refractivity contribution < 1.29 is 32.7 Å². The number of sulfonamides is 1. The maximum absolute atomic E-state index is 13.2. The number of hydrogen-bond donors (Lipinski definition) is 3. The molecule has 0 saturated heterocycles. The van der Waals surface area contributed by atoms with Crippen LogP contribution in [-0.2, 0) is 26.2 Å². The van der Waals surface area contributed by atoms with Crippen molar-refractivity contribution in [2.45, 2.75) is 37.9 Å². The Morgan fingerprint density at radius 2 is 1.45 bits per heavy atom. The number of carbonyl (C=O) groups excluding carboxylic acids is 1. The number of carboxylic acid groups (broad SMARTS) is 1. The summed E-state index contributed by atoms with van der Waals surface area (Å²) in [5.41, 5.74) is 6.85. The van der Waals surface area contributed by atoms with Crippen molar-refractivity contribution in [1.29, 1.82) is 0 Å². The van der Waals surface area contributed by atoms with Gasteiger partial charge in [0.2, 0.25) is 0 Å². The maximum atomic E-state index is 13.2. The summed E-state index contributed by atoms with van der Waals surface area (Å²) in [7, 11) is -3.87. The van der Waals surface area contributed by atoms with E-state index in [0.29, 0.717) is 6.42 Å². The van der Waals surface area contributed by atoms with Crippen molar-refractivity contribution in [3.8, 4) is 11.1 Å². The number of primary amides is 1. The van der Waals surface area contributed by atoms with Crippen LogP contribution in [0.5, 0.6) is 0 Å². The molecular weight excluding hydrogens is 510 g/mol. The van der Waals surface area contributed by atoms with Crippen LogP contribution in [0.15, 0.2) is 89.8 Å². The van der Waals surface area contributed by atoms with Crippen LogP contribution in [0, 0.1) is 0 Å². The first-order valence-electron chi connectivity index (χ1n) is 11.9. The van der Waals surface area contributed by atoms with Gasteiger partial charge in [-0.05, 0) is 49.1 Å². The lowest BCUT2D eigenvalue weighted by molar-refractivity contribution is -0.119. The summed E-state index contributed by atoms with van der Waals surface area (Å²) < 4.78 is 32.5. The highest BCUT2D eigenvalue weighted by atomic mass is 32.2. The monoisotopic (exact) mass is 543 g/mol. The van der Waals surface area contributed by atoms with Gasteiger partial charge in [0.15, 0.2) is 0 Å². The molecule has 10 nitrogen and oxygen atoms in total. The minimum Gasteiger partial charge on any atom is -0.465 e. The fourth-order valence-corrected chi connectivity index (χ4v) is 4.58. The molecule has 0 fully saturated rings. The number of rotatable bonds is 11. The van der Waals surface area contributed by atoms with Crippen LogP contribution < -0.4 is 11.1 Å². The van der Waals surface area contributed by atoms with E-state index in [9.17, 15) is 13.2 Å². The third-order valence-electron chi connectivity index (χ3n) is 4.86. The number of ether oxygens (including phenoxy) is 1. The highest BCUT2D eigenvalue weighted by Crippen LogP contribution is 2.23. The Labute approximate surface area is 223 Å².